The van der Waals surface area contributed by atoms with Crippen LogP contribution >= 0.6 is 34.8 Å². The molecule has 0 spiro atoms. The lowest BCUT2D eigenvalue weighted by Crippen LogP contribution is -2.20. The van der Waals surface area contributed by atoms with Gasteiger partial charge in [-0.2, -0.15) is 0 Å². The van der Waals surface area contributed by atoms with E-state index in [1.54, 1.807) is 6.92 Å². The summed E-state index contributed by atoms with van der Waals surface area (Å²) < 4.78 is 0. The van der Waals surface area contributed by atoms with Gasteiger partial charge in [0, 0.05) is 11.1 Å². The summed E-state index contributed by atoms with van der Waals surface area (Å²) in [7, 11) is 0. The number of hydrogen-bond donors (Lipinski definition) is 3. The van der Waals surface area contributed by atoms with Crippen LogP contribution in [0.4, 0.5) is 0 Å². The van der Waals surface area contributed by atoms with Gasteiger partial charge < -0.3 is 5.32 Å². The first-order chi connectivity index (χ1) is 6.95. The normalized spacial score (nSPS) is 14.1. The van der Waals surface area contributed by atoms with Crippen LogP contribution in [0.25, 0.3) is 0 Å². The van der Waals surface area contributed by atoms with Gasteiger partial charge in [0.05, 0.1) is 15.1 Å². The summed E-state index contributed by atoms with van der Waals surface area (Å²) in [5.74, 6) is 0.217. The first-order valence-electron chi connectivity index (χ1n) is 4.07. The van der Waals surface area contributed by atoms with Gasteiger partial charge in [-0.25, -0.2) is 0 Å². The van der Waals surface area contributed by atoms with Crippen LogP contribution in [0.3, 0.4) is 0 Å². The van der Waals surface area contributed by atoms with Gasteiger partial charge in [0.1, 0.15) is 11.7 Å². The molecule has 0 saturated heterocycles. The molecule has 0 radical (unpaired) electrons. The third-order valence-electron chi connectivity index (χ3n) is 2.31. The van der Waals surface area contributed by atoms with Crippen LogP contribution in [-0.4, -0.2) is 11.7 Å². The van der Waals surface area contributed by atoms with Crippen molar-refractivity contribution >= 4 is 46.5 Å². The second-order valence-corrected chi connectivity index (χ2v) is 4.33. The van der Waals surface area contributed by atoms with Crippen molar-refractivity contribution in [3.8, 4) is 0 Å². The number of halogens is 3. The molecule has 1 aliphatic heterocycles. The summed E-state index contributed by atoms with van der Waals surface area (Å²) in [6.45, 7) is 1.75. The van der Waals surface area contributed by atoms with Crippen LogP contribution < -0.4 is 5.32 Å². The van der Waals surface area contributed by atoms with Crippen LogP contribution in [0.15, 0.2) is 0 Å². The smallest absolute Gasteiger partial charge is 0.133 e. The number of amidine groups is 2. The maximum atomic E-state index is 7.65. The van der Waals surface area contributed by atoms with E-state index in [9.17, 15) is 0 Å². The zero-order valence-corrected chi connectivity index (χ0v) is 9.90. The molecule has 0 bridgehead atoms. The van der Waals surface area contributed by atoms with Gasteiger partial charge in [-0.05, 0) is 12.5 Å². The lowest BCUT2D eigenvalue weighted by molar-refractivity contribution is 1.29. The SMILES string of the molecule is Cc1c(Cl)c(Cl)c(Cl)c2c1C(=N)NC2=N. The Bertz CT molecular complexity index is 463. The van der Waals surface area contributed by atoms with E-state index in [1.165, 1.54) is 0 Å². The highest BCUT2D eigenvalue weighted by molar-refractivity contribution is 6.51. The summed E-state index contributed by atoms with van der Waals surface area (Å²) in [4.78, 5) is 0. The summed E-state index contributed by atoms with van der Waals surface area (Å²) >= 11 is 17.9. The van der Waals surface area contributed by atoms with Crippen molar-refractivity contribution in [3.05, 3.63) is 31.8 Å². The Morgan fingerprint density at radius 1 is 0.867 bits per heavy atom. The number of benzene rings is 1. The van der Waals surface area contributed by atoms with Crippen molar-refractivity contribution in [2.45, 2.75) is 6.92 Å². The molecule has 6 heteroatoms. The van der Waals surface area contributed by atoms with Gasteiger partial charge in [0.25, 0.3) is 0 Å². The molecule has 0 aromatic heterocycles. The molecule has 1 aromatic carbocycles. The van der Waals surface area contributed by atoms with Crippen molar-refractivity contribution in [1.82, 2.24) is 5.32 Å². The van der Waals surface area contributed by atoms with Crippen LogP contribution in [0, 0.1) is 17.7 Å². The fourth-order valence-corrected chi connectivity index (χ4v) is 2.33. The predicted octanol–water partition coefficient (Wildman–Crippen LogP) is 3.21. The molecule has 0 aliphatic carbocycles. The highest BCUT2D eigenvalue weighted by atomic mass is 35.5. The van der Waals surface area contributed by atoms with Gasteiger partial charge in [-0.3, -0.25) is 10.8 Å². The van der Waals surface area contributed by atoms with Crippen LogP contribution in [-0.2, 0) is 0 Å². The van der Waals surface area contributed by atoms with Gasteiger partial charge in [0.15, 0.2) is 0 Å². The van der Waals surface area contributed by atoms with E-state index in [4.69, 9.17) is 45.6 Å². The molecule has 0 saturated carbocycles. The Balaban J connectivity index is 2.92. The Kier molecular flexibility index (Phi) is 2.41. The van der Waals surface area contributed by atoms with E-state index < -0.39 is 0 Å². The molecule has 0 amide bonds. The lowest BCUT2D eigenvalue weighted by atomic mass is 10.0. The third-order valence-corrected chi connectivity index (χ3v) is 3.73. The zero-order valence-electron chi connectivity index (χ0n) is 7.63. The second-order valence-electron chi connectivity index (χ2n) is 3.19. The molecule has 1 heterocycles. The van der Waals surface area contributed by atoms with E-state index in [0.717, 1.165) is 0 Å². The summed E-state index contributed by atoms with van der Waals surface area (Å²) in [5.41, 5.74) is 1.67. The molecule has 1 aliphatic rings. The zero-order chi connectivity index (χ0) is 11.3. The number of nitrogens with one attached hydrogen (secondary N) is 3. The maximum absolute atomic E-state index is 7.65. The minimum atomic E-state index is 0.0849. The van der Waals surface area contributed by atoms with Gasteiger partial charge in [-0.1, -0.05) is 34.8 Å². The quantitative estimate of drug-likeness (QED) is 0.618. The highest BCUT2D eigenvalue weighted by Gasteiger charge is 2.29. The average Bonchev–Trinajstić information content (AvgIpc) is 2.47. The maximum Gasteiger partial charge on any atom is 0.133 e. The topological polar surface area (TPSA) is 59.7 Å². The van der Waals surface area contributed by atoms with Crippen molar-refractivity contribution in [3.63, 3.8) is 0 Å². The Hall–Kier alpha value is -0.770. The monoisotopic (exact) mass is 261 g/mol. The molecule has 3 nitrogen and oxygen atoms in total. The molecule has 0 unspecified atom stereocenters. The minimum absolute atomic E-state index is 0.0849. The molecule has 15 heavy (non-hydrogen) atoms. The molecule has 0 fully saturated rings. The van der Waals surface area contributed by atoms with Gasteiger partial charge in [0.2, 0.25) is 0 Å². The van der Waals surface area contributed by atoms with E-state index in [1.807, 2.05) is 0 Å². The minimum Gasteiger partial charge on any atom is -0.325 e. The molecule has 1 aromatic rings. The van der Waals surface area contributed by atoms with Crippen LogP contribution in [0.5, 0.6) is 0 Å². The van der Waals surface area contributed by atoms with Crippen LogP contribution in [0.2, 0.25) is 15.1 Å². The first kappa shape index (κ1) is 10.7. The highest BCUT2D eigenvalue weighted by Crippen LogP contribution is 2.39. The Morgan fingerprint density at radius 2 is 1.40 bits per heavy atom. The lowest BCUT2D eigenvalue weighted by Gasteiger charge is -2.09. The molecular formula is C9H6Cl3N3. The van der Waals surface area contributed by atoms with Gasteiger partial charge >= 0.3 is 0 Å². The predicted molar refractivity (Wildman–Crippen MR) is 63.0 cm³/mol. The number of rotatable bonds is 0. The van der Waals surface area contributed by atoms with Crippen LogP contribution in [0.1, 0.15) is 16.7 Å². The average molecular weight is 263 g/mol. The summed E-state index contributed by atoms with van der Waals surface area (Å²) in [6, 6.07) is 0. The number of hydrogen-bond acceptors (Lipinski definition) is 2. The van der Waals surface area contributed by atoms with Gasteiger partial charge in [-0.15, -0.1) is 0 Å². The van der Waals surface area contributed by atoms with Crippen molar-refractivity contribution < 1.29 is 0 Å². The fraction of sp³-hybridized carbons (Fsp3) is 0.111. The van der Waals surface area contributed by atoms with E-state index in [0.29, 0.717) is 21.7 Å². The Labute approximate surface area is 101 Å². The largest absolute Gasteiger partial charge is 0.325 e. The standard InChI is InChI=1S/C9H6Cl3N3/c1-2-3-4(9(14)15-8(3)13)6(11)7(12)5(2)10/h1H3,(H3,13,14,15). The first-order valence-corrected chi connectivity index (χ1v) is 5.20. The summed E-state index contributed by atoms with van der Waals surface area (Å²) in [5, 5.41) is 18.7. The Morgan fingerprint density at radius 3 is 2.00 bits per heavy atom. The second kappa shape index (κ2) is 3.37. The van der Waals surface area contributed by atoms with E-state index >= 15 is 0 Å². The fourth-order valence-electron chi connectivity index (χ4n) is 1.57. The molecule has 2 rings (SSSR count). The molecule has 78 valence electrons. The van der Waals surface area contributed by atoms with Crippen molar-refractivity contribution in [2.24, 2.45) is 0 Å². The van der Waals surface area contributed by atoms with Crippen molar-refractivity contribution in [2.75, 3.05) is 0 Å². The third kappa shape index (κ3) is 1.34. The van der Waals surface area contributed by atoms with Crippen molar-refractivity contribution in [1.29, 1.82) is 10.8 Å². The molecule has 0 atom stereocenters. The molecular weight excluding hydrogens is 256 g/mol. The molecule has 3 N–H and O–H groups in total. The van der Waals surface area contributed by atoms with E-state index in [2.05, 4.69) is 5.32 Å². The number of fused-ring (bicyclic) bond motifs is 1. The summed E-state index contributed by atoms with van der Waals surface area (Å²) in [6.07, 6.45) is 0. The van der Waals surface area contributed by atoms with E-state index in [-0.39, 0.29) is 21.7 Å².